The molecule has 0 aliphatic carbocycles. The Morgan fingerprint density at radius 2 is 1.50 bits per heavy atom. The van der Waals surface area contributed by atoms with Crippen LogP contribution < -0.4 is 24.4 Å². The maximum Gasteiger partial charge on any atom is 0.343 e. The van der Waals surface area contributed by atoms with E-state index in [9.17, 15) is 9.59 Å². The molecule has 4 aromatic rings. The van der Waals surface area contributed by atoms with E-state index >= 15 is 0 Å². The maximum absolute atomic E-state index is 12.8. The Morgan fingerprint density at radius 1 is 0.825 bits per heavy atom. The first-order valence-corrected chi connectivity index (χ1v) is 13.0. The van der Waals surface area contributed by atoms with Crippen LogP contribution in [0.25, 0.3) is 0 Å². The molecule has 8 nitrogen and oxygen atoms in total. The van der Waals surface area contributed by atoms with E-state index in [0.29, 0.717) is 35.0 Å². The lowest BCUT2D eigenvalue weighted by Gasteiger charge is -2.11. The third kappa shape index (κ3) is 7.48. The first kappa shape index (κ1) is 28.4. The molecule has 0 bridgehead atoms. The number of halogens is 1. The number of carbonyl (C=O) groups excluding carboxylic acids is 2. The van der Waals surface area contributed by atoms with E-state index in [1.807, 2.05) is 31.2 Å². The van der Waals surface area contributed by atoms with Crippen LogP contribution in [0.1, 0.15) is 37.4 Å². The van der Waals surface area contributed by atoms with Gasteiger partial charge in [0.15, 0.2) is 11.5 Å². The molecule has 0 spiro atoms. The van der Waals surface area contributed by atoms with Crippen molar-refractivity contribution in [3.05, 3.63) is 117 Å². The second-order valence-electron chi connectivity index (χ2n) is 8.64. The van der Waals surface area contributed by atoms with Crippen molar-refractivity contribution in [3.8, 4) is 23.0 Å². The molecule has 0 unspecified atom stereocenters. The molecule has 0 saturated carbocycles. The molecule has 0 saturated heterocycles. The quantitative estimate of drug-likeness (QED) is 0.0985. The minimum Gasteiger partial charge on any atom is -0.493 e. The SMILES string of the molecule is COc1ccc(C(=O)Oc2ccc(Br)cc2C=NNC(=O)c2ccc(OCc3ccc(C)cc3)cc2)cc1OC. The van der Waals surface area contributed by atoms with Crippen LogP contribution in [-0.2, 0) is 6.61 Å². The van der Waals surface area contributed by atoms with Gasteiger partial charge >= 0.3 is 5.97 Å². The van der Waals surface area contributed by atoms with E-state index in [1.54, 1.807) is 54.6 Å². The number of ether oxygens (including phenoxy) is 4. The summed E-state index contributed by atoms with van der Waals surface area (Å²) in [6, 6.07) is 24.7. The molecule has 1 amide bonds. The lowest BCUT2D eigenvalue weighted by Crippen LogP contribution is -2.17. The van der Waals surface area contributed by atoms with Gasteiger partial charge in [-0.2, -0.15) is 5.10 Å². The molecule has 0 atom stereocenters. The standard InChI is InChI=1S/C31H27BrN2O6/c1-20-4-6-21(7-5-20)19-39-26-12-8-22(9-13-26)30(35)34-33-18-24-16-25(32)11-15-27(24)40-31(36)23-10-14-28(37-2)29(17-23)38-3/h4-18H,19H2,1-3H3,(H,34,35). The topological polar surface area (TPSA) is 95.5 Å². The van der Waals surface area contributed by atoms with Gasteiger partial charge < -0.3 is 18.9 Å². The van der Waals surface area contributed by atoms with E-state index in [2.05, 4.69) is 26.5 Å². The summed E-state index contributed by atoms with van der Waals surface area (Å²) < 4.78 is 22.6. The number of hydrazone groups is 1. The van der Waals surface area contributed by atoms with Crippen molar-refractivity contribution in [2.24, 2.45) is 5.10 Å². The zero-order valence-electron chi connectivity index (χ0n) is 22.1. The lowest BCUT2D eigenvalue weighted by molar-refractivity contribution is 0.0733. The van der Waals surface area contributed by atoms with Gasteiger partial charge in [0.25, 0.3) is 5.91 Å². The summed E-state index contributed by atoms with van der Waals surface area (Å²) in [4.78, 5) is 25.4. The predicted octanol–water partition coefficient (Wildman–Crippen LogP) is 6.34. The number of esters is 1. The number of methoxy groups -OCH3 is 2. The monoisotopic (exact) mass is 602 g/mol. The summed E-state index contributed by atoms with van der Waals surface area (Å²) in [7, 11) is 3.00. The van der Waals surface area contributed by atoms with Crippen LogP contribution in [0.2, 0.25) is 0 Å². The average molecular weight is 603 g/mol. The molecular weight excluding hydrogens is 576 g/mol. The molecule has 4 rings (SSSR count). The van der Waals surface area contributed by atoms with Crippen molar-refractivity contribution in [2.75, 3.05) is 14.2 Å². The van der Waals surface area contributed by atoms with Crippen LogP contribution in [-0.4, -0.2) is 32.3 Å². The van der Waals surface area contributed by atoms with Gasteiger partial charge in [-0.3, -0.25) is 4.79 Å². The van der Waals surface area contributed by atoms with Crippen molar-refractivity contribution in [3.63, 3.8) is 0 Å². The maximum atomic E-state index is 12.8. The third-order valence-electron chi connectivity index (χ3n) is 5.81. The van der Waals surface area contributed by atoms with Crippen LogP contribution in [0.4, 0.5) is 0 Å². The van der Waals surface area contributed by atoms with Crippen molar-refractivity contribution >= 4 is 34.0 Å². The van der Waals surface area contributed by atoms with E-state index in [0.717, 1.165) is 10.0 Å². The van der Waals surface area contributed by atoms with Crippen LogP contribution >= 0.6 is 15.9 Å². The molecule has 0 heterocycles. The normalized spacial score (nSPS) is 10.7. The van der Waals surface area contributed by atoms with Crippen molar-refractivity contribution in [1.82, 2.24) is 5.43 Å². The Bertz CT molecular complexity index is 1520. The number of hydrogen-bond donors (Lipinski definition) is 1. The fourth-order valence-electron chi connectivity index (χ4n) is 3.61. The van der Waals surface area contributed by atoms with E-state index in [-0.39, 0.29) is 11.3 Å². The van der Waals surface area contributed by atoms with Gasteiger partial charge in [-0.05, 0) is 73.2 Å². The minimum absolute atomic E-state index is 0.260. The summed E-state index contributed by atoms with van der Waals surface area (Å²) in [6.45, 7) is 2.47. The van der Waals surface area contributed by atoms with E-state index < -0.39 is 11.9 Å². The smallest absolute Gasteiger partial charge is 0.343 e. The molecule has 1 N–H and O–H groups in total. The summed E-state index contributed by atoms with van der Waals surface area (Å²) in [6.07, 6.45) is 1.40. The van der Waals surface area contributed by atoms with E-state index in [1.165, 1.54) is 32.1 Å². The summed E-state index contributed by atoms with van der Waals surface area (Å²) >= 11 is 3.41. The van der Waals surface area contributed by atoms with Crippen molar-refractivity contribution in [2.45, 2.75) is 13.5 Å². The lowest BCUT2D eigenvalue weighted by atomic mass is 10.2. The van der Waals surface area contributed by atoms with Gasteiger partial charge in [-0.1, -0.05) is 45.8 Å². The zero-order chi connectivity index (χ0) is 28.5. The molecule has 0 aliphatic rings. The highest BCUT2D eigenvalue weighted by Gasteiger charge is 2.15. The number of hydrogen-bond acceptors (Lipinski definition) is 7. The second-order valence-corrected chi connectivity index (χ2v) is 9.55. The van der Waals surface area contributed by atoms with E-state index in [4.69, 9.17) is 18.9 Å². The fraction of sp³-hybridized carbons (Fsp3) is 0.129. The number of amides is 1. The van der Waals surface area contributed by atoms with Gasteiger partial charge in [-0.15, -0.1) is 0 Å². The summed E-state index contributed by atoms with van der Waals surface area (Å²) in [5.41, 5.74) is 5.91. The molecule has 40 heavy (non-hydrogen) atoms. The van der Waals surface area contributed by atoms with Crippen LogP contribution in [0, 0.1) is 6.92 Å². The number of nitrogens with one attached hydrogen (secondary N) is 1. The van der Waals surface area contributed by atoms with Gasteiger partial charge in [0.2, 0.25) is 0 Å². The summed E-state index contributed by atoms with van der Waals surface area (Å²) in [5.74, 6) is 0.817. The van der Waals surface area contributed by atoms with Gasteiger partial charge in [-0.25, -0.2) is 10.2 Å². The Kier molecular flexibility index (Phi) is 9.53. The Hall–Kier alpha value is -4.63. The van der Waals surface area contributed by atoms with Crippen LogP contribution in [0.3, 0.4) is 0 Å². The molecule has 4 aromatic carbocycles. The molecule has 0 fully saturated rings. The highest BCUT2D eigenvalue weighted by atomic mass is 79.9. The third-order valence-corrected chi connectivity index (χ3v) is 6.30. The van der Waals surface area contributed by atoms with Gasteiger partial charge in [0.1, 0.15) is 18.1 Å². The van der Waals surface area contributed by atoms with Crippen LogP contribution in [0.15, 0.2) is 94.5 Å². The predicted molar refractivity (Wildman–Crippen MR) is 156 cm³/mol. The number of aryl methyl sites for hydroxylation is 1. The molecule has 204 valence electrons. The van der Waals surface area contributed by atoms with Gasteiger partial charge in [0, 0.05) is 15.6 Å². The fourth-order valence-corrected chi connectivity index (χ4v) is 3.99. The zero-order valence-corrected chi connectivity index (χ0v) is 23.7. The Labute approximate surface area is 240 Å². The number of rotatable bonds is 10. The highest BCUT2D eigenvalue weighted by molar-refractivity contribution is 9.10. The number of benzene rings is 4. The average Bonchev–Trinajstić information content (AvgIpc) is 2.98. The molecule has 0 aliphatic heterocycles. The molecule has 0 aromatic heterocycles. The van der Waals surface area contributed by atoms with Crippen molar-refractivity contribution < 1.29 is 28.5 Å². The largest absolute Gasteiger partial charge is 0.493 e. The molecule has 9 heteroatoms. The minimum atomic E-state index is -0.591. The highest BCUT2D eigenvalue weighted by Crippen LogP contribution is 2.29. The second kappa shape index (κ2) is 13.4. The first-order chi connectivity index (χ1) is 19.4. The van der Waals surface area contributed by atoms with Crippen molar-refractivity contribution in [1.29, 1.82) is 0 Å². The van der Waals surface area contributed by atoms with Gasteiger partial charge in [0.05, 0.1) is 26.0 Å². The molecule has 0 radical (unpaired) electrons. The first-order valence-electron chi connectivity index (χ1n) is 12.2. The number of carbonyl (C=O) groups is 2. The summed E-state index contributed by atoms with van der Waals surface area (Å²) in [5, 5.41) is 4.05. The Morgan fingerprint density at radius 3 is 2.20 bits per heavy atom. The number of nitrogens with zero attached hydrogens (tertiary/aromatic N) is 1. The Balaban J connectivity index is 1.38. The van der Waals surface area contributed by atoms with Crippen LogP contribution in [0.5, 0.6) is 23.0 Å². The molecular formula is C31H27BrN2O6.